The van der Waals surface area contributed by atoms with Crippen LogP contribution in [0.1, 0.15) is 36.2 Å². The highest BCUT2D eigenvalue weighted by Gasteiger charge is 2.26. The summed E-state index contributed by atoms with van der Waals surface area (Å²) in [6.45, 7) is 5.21. The number of carbonyl (C=O) groups excluding carboxylic acids is 2. The molecule has 1 aromatic rings. The molecule has 6 nitrogen and oxygen atoms in total. The molecule has 1 rings (SSSR count). The van der Waals surface area contributed by atoms with E-state index in [2.05, 4.69) is 10.2 Å². The minimum atomic E-state index is -0.764. The molecule has 0 saturated heterocycles. The standard InChI is InChI=1S/C8H12N4O2/c1-8(2,3)7(14)12-4-10-11-6(12)5(9)13/h4H,1-3H3,(H2,9,13). The molecule has 0 spiro atoms. The molecular weight excluding hydrogens is 184 g/mol. The molecule has 2 N–H and O–H groups in total. The topological polar surface area (TPSA) is 90.9 Å². The van der Waals surface area contributed by atoms with E-state index in [0.717, 1.165) is 4.57 Å². The van der Waals surface area contributed by atoms with Crippen LogP contribution in [0.5, 0.6) is 0 Å². The van der Waals surface area contributed by atoms with Crippen LogP contribution in [0.3, 0.4) is 0 Å². The Morgan fingerprint density at radius 1 is 1.43 bits per heavy atom. The molecule has 76 valence electrons. The van der Waals surface area contributed by atoms with Crippen molar-refractivity contribution in [1.29, 1.82) is 0 Å². The van der Waals surface area contributed by atoms with Gasteiger partial charge in [0, 0.05) is 5.41 Å². The minimum absolute atomic E-state index is 0.134. The lowest BCUT2D eigenvalue weighted by atomic mass is 9.95. The van der Waals surface area contributed by atoms with Gasteiger partial charge in [0.15, 0.2) is 0 Å². The van der Waals surface area contributed by atoms with Crippen molar-refractivity contribution in [2.24, 2.45) is 11.1 Å². The van der Waals surface area contributed by atoms with Crippen LogP contribution >= 0.6 is 0 Å². The SMILES string of the molecule is CC(C)(C)C(=O)n1cnnc1C(N)=O. The summed E-state index contributed by atoms with van der Waals surface area (Å²) in [5, 5.41) is 6.94. The van der Waals surface area contributed by atoms with E-state index in [-0.39, 0.29) is 11.7 Å². The fraction of sp³-hybridized carbons (Fsp3) is 0.500. The van der Waals surface area contributed by atoms with Gasteiger partial charge in [0.1, 0.15) is 6.33 Å². The maximum absolute atomic E-state index is 11.7. The van der Waals surface area contributed by atoms with E-state index in [0.29, 0.717) is 0 Å². The highest BCUT2D eigenvalue weighted by molar-refractivity contribution is 5.95. The summed E-state index contributed by atoms with van der Waals surface area (Å²) in [7, 11) is 0. The van der Waals surface area contributed by atoms with Crippen molar-refractivity contribution in [2.45, 2.75) is 20.8 Å². The zero-order valence-corrected chi connectivity index (χ0v) is 8.31. The van der Waals surface area contributed by atoms with Crippen LogP contribution in [0.2, 0.25) is 0 Å². The molecular formula is C8H12N4O2. The molecule has 0 atom stereocenters. The second kappa shape index (κ2) is 3.21. The highest BCUT2D eigenvalue weighted by Crippen LogP contribution is 2.16. The van der Waals surface area contributed by atoms with E-state index in [9.17, 15) is 9.59 Å². The van der Waals surface area contributed by atoms with E-state index in [1.807, 2.05) is 0 Å². The monoisotopic (exact) mass is 196 g/mol. The molecule has 6 heteroatoms. The number of rotatable bonds is 1. The highest BCUT2D eigenvalue weighted by atomic mass is 16.2. The quantitative estimate of drug-likeness (QED) is 0.687. The van der Waals surface area contributed by atoms with Gasteiger partial charge in [-0.25, -0.2) is 4.57 Å². The van der Waals surface area contributed by atoms with E-state index in [4.69, 9.17) is 5.73 Å². The number of carbonyl (C=O) groups is 2. The smallest absolute Gasteiger partial charge is 0.287 e. The molecule has 1 aromatic heterocycles. The summed E-state index contributed by atoms with van der Waals surface area (Å²) in [4.78, 5) is 22.6. The number of amides is 1. The van der Waals surface area contributed by atoms with Gasteiger partial charge >= 0.3 is 0 Å². The van der Waals surface area contributed by atoms with Gasteiger partial charge in [0.25, 0.3) is 5.91 Å². The lowest BCUT2D eigenvalue weighted by molar-refractivity contribution is 0.0752. The van der Waals surface area contributed by atoms with Crippen molar-refractivity contribution < 1.29 is 9.59 Å². The van der Waals surface area contributed by atoms with E-state index < -0.39 is 11.3 Å². The fourth-order valence-corrected chi connectivity index (χ4v) is 0.913. The molecule has 1 heterocycles. The van der Waals surface area contributed by atoms with Crippen molar-refractivity contribution >= 4 is 11.8 Å². The average molecular weight is 196 g/mol. The van der Waals surface area contributed by atoms with Crippen molar-refractivity contribution in [3.63, 3.8) is 0 Å². The molecule has 0 saturated carbocycles. The maximum Gasteiger partial charge on any atom is 0.287 e. The zero-order chi connectivity index (χ0) is 10.9. The van der Waals surface area contributed by atoms with Gasteiger partial charge in [0.05, 0.1) is 0 Å². The predicted octanol–water partition coefficient (Wildman–Crippen LogP) is 0.0633. The van der Waals surface area contributed by atoms with Crippen LogP contribution in [0.25, 0.3) is 0 Å². The number of hydrogen-bond acceptors (Lipinski definition) is 4. The Hall–Kier alpha value is -1.72. The van der Waals surface area contributed by atoms with Gasteiger partial charge in [0.2, 0.25) is 11.7 Å². The third-order valence-electron chi connectivity index (χ3n) is 1.63. The Morgan fingerprint density at radius 2 is 2.00 bits per heavy atom. The second-order valence-corrected chi connectivity index (χ2v) is 3.94. The third kappa shape index (κ3) is 1.78. The van der Waals surface area contributed by atoms with E-state index in [1.165, 1.54) is 6.33 Å². The predicted molar refractivity (Wildman–Crippen MR) is 48.6 cm³/mol. The average Bonchev–Trinajstić information content (AvgIpc) is 2.48. The summed E-state index contributed by atoms with van der Waals surface area (Å²) < 4.78 is 1.07. The van der Waals surface area contributed by atoms with Gasteiger partial charge in [-0.1, -0.05) is 20.8 Å². The molecule has 0 fully saturated rings. The van der Waals surface area contributed by atoms with Crippen LogP contribution < -0.4 is 5.73 Å². The fourth-order valence-electron chi connectivity index (χ4n) is 0.913. The zero-order valence-electron chi connectivity index (χ0n) is 8.31. The van der Waals surface area contributed by atoms with Crippen LogP contribution in [0, 0.1) is 5.41 Å². The molecule has 0 radical (unpaired) electrons. The number of aromatic nitrogens is 3. The Kier molecular flexibility index (Phi) is 2.37. The maximum atomic E-state index is 11.7. The molecule has 0 bridgehead atoms. The third-order valence-corrected chi connectivity index (χ3v) is 1.63. The lowest BCUT2D eigenvalue weighted by Gasteiger charge is -2.16. The van der Waals surface area contributed by atoms with Crippen molar-refractivity contribution in [3.05, 3.63) is 12.2 Å². The summed E-state index contributed by atoms with van der Waals surface area (Å²) >= 11 is 0. The van der Waals surface area contributed by atoms with E-state index in [1.54, 1.807) is 20.8 Å². The molecule has 0 aliphatic heterocycles. The van der Waals surface area contributed by atoms with Crippen molar-refractivity contribution in [2.75, 3.05) is 0 Å². The van der Waals surface area contributed by atoms with Crippen molar-refractivity contribution in [1.82, 2.24) is 14.8 Å². The molecule has 0 unspecified atom stereocenters. The Morgan fingerprint density at radius 3 is 2.43 bits per heavy atom. The number of primary amides is 1. The van der Waals surface area contributed by atoms with E-state index >= 15 is 0 Å². The van der Waals surface area contributed by atoms with Crippen LogP contribution in [-0.2, 0) is 0 Å². The van der Waals surface area contributed by atoms with Gasteiger partial charge in [-0.05, 0) is 0 Å². The first-order valence-corrected chi connectivity index (χ1v) is 4.08. The first kappa shape index (κ1) is 10.4. The Bertz CT molecular complexity index is 375. The molecule has 14 heavy (non-hydrogen) atoms. The molecule has 0 aliphatic rings. The van der Waals surface area contributed by atoms with Crippen molar-refractivity contribution in [3.8, 4) is 0 Å². The summed E-state index contributed by atoms with van der Waals surface area (Å²) in [6, 6.07) is 0. The number of hydrogen-bond donors (Lipinski definition) is 1. The van der Waals surface area contributed by atoms with Gasteiger partial charge in [-0.15, -0.1) is 10.2 Å². The Balaban J connectivity index is 3.14. The van der Waals surface area contributed by atoms with Gasteiger partial charge in [-0.3, -0.25) is 9.59 Å². The summed E-state index contributed by atoms with van der Waals surface area (Å²) in [6.07, 6.45) is 1.19. The lowest BCUT2D eigenvalue weighted by Crippen LogP contribution is -2.30. The summed E-state index contributed by atoms with van der Waals surface area (Å²) in [5.74, 6) is -1.17. The van der Waals surface area contributed by atoms with Gasteiger partial charge in [-0.2, -0.15) is 0 Å². The first-order chi connectivity index (χ1) is 6.34. The van der Waals surface area contributed by atoms with Crippen LogP contribution in [0.15, 0.2) is 6.33 Å². The largest absolute Gasteiger partial charge is 0.363 e. The Labute approximate surface area is 81.1 Å². The molecule has 1 amide bonds. The normalized spacial score (nSPS) is 11.4. The summed E-state index contributed by atoms with van der Waals surface area (Å²) in [5.41, 5.74) is 4.42. The number of nitrogens with zero attached hydrogens (tertiary/aromatic N) is 3. The first-order valence-electron chi connectivity index (χ1n) is 4.08. The second-order valence-electron chi connectivity index (χ2n) is 3.94. The van der Waals surface area contributed by atoms with Crippen LogP contribution in [0.4, 0.5) is 0 Å². The van der Waals surface area contributed by atoms with Gasteiger partial charge < -0.3 is 5.73 Å². The molecule has 0 aliphatic carbocycles. The molecule has 0 aromatic carbocycles. The minimum Gasteiger partial charge on any atom is -0.363 e. The number of nitrogens with two attached hydrogens (primary N) is 1. The van der Waals surface area contributed by atoms with Crippen LogP contribution in [-0.4, -0.2) is 26.6 Å².